The minimum Gasteiger partial charge on any atom is -0.478 e. The Kier molecular flexibility index (Phi) is 4.38. The number of nitrogens with zero attached hydrogens (tertiary/aromatic N) is 1. The normalized spacial score (nSPS) is 16.3. The summed E-state index contributed by atoms with van der Waals surface area (Å²) >= 11 is 0. The lowest BCUT2D eigenvalue weighted by Crippen LogP contribution is -2.29. The number of rotatable bonds is 6. The molecule has 0 aliphatic carbocycles. The van der Waals surface area contributed by atoms with Crippen molar-refractivity contribution in [2.24, 2.45) is 0 Å². The summed E-state index contributed by atoms with van der Waals surface area (Å²) < 4.78 is 5.39. The minimum atomic E-state index is -0.931. The van der Waals surface area contributed by atoms with Crippen molar-refractivity contribution in [2.75, 3.05) is 26.2 Å². The van der Waals surface area contributed by atoms with Gasteiger partial charge in [-0.1, -0.05) is 0 Å². The van der Waals surface area contributed by atoms with Crippen LogP contribution in [0.4, 0.5) is 0 Å². The van der Waals surface area contributed by atoms with E-state index in [-0.39, 0.29) is 5.56 Å². The highest BCUT2D eigenvalue weighted by Crippen LogP contribution is 2.14. The molecule has 2 rings (SSSR count). The summed E-state index contributed by atoms with van der Waals surface area (Å²) in [5.41, 5.74) is 0.256. The van der Waals surface area contributed by atoms with Gasteiger partial charge in [0.1, 0.15) is 17.1 Å². The van der Waals surface area contributed by atoms with Gasteiger partial charge in [0.25, 0.3) is 0 Å². The third-order valence-electron chi connectivity index (χ3n) is 3.30. The molecule has 5 nitrogen and oxygen atoms in total. The van der Waals surface area contributed by atoms with Gasteiger partial charge in [-0.3, -0.25) is 0 Å². The molecule has 1 aromatic rings. The summed E-state index contributed by atoms with van der Waals surface area (Å²) in [4.78, 5) is 13.3. The van der Waals surface area contributed by atoms with Crippen molar-refractivity contribution in [3.8, 4) is 0 Å². The SMILES string of the molecule is Cc1oc(CNCCN2CCCC2)cc1C(=O)O. The molecule has 0 spiro atoms. The molecule has 1 aromatic heterocycles. The second-order valence-electron chi connectivity index (χ2n) is 4.71. The Hall–Kier alpha value is -1.33. The zero-order valence-corrected chi connectivity index (χ0v) is 10.7. The van der Waals surface area contributed by atoms with Gasteiger partial charge < -0.3 is 19.7 Å². The van der Waals surface area contributed by atoms with Gasteiger partial charge in [-0.15, -0.1) is 0 Å². The summed E-state index contributed by atoms with van der Waals surface area (Å²) in [6.45, 7) is 6.61. The monoisotopic (exact) mass is 252 g/mol. The highest BCUT2D eigenvalue weighted by molar-refractivity contribution is 5.88. The van der Waals surface area contributed by atoms with Crippen LogP contribution in [-0.2, 0) is 6.54 Å². The summed E-state index contributed by atoms with van der Waals surface area (Å²) in [7, 11) is 0. The first kappa shape index (κ1) is 13.1. The lowest BCUT2D eigenvalue weighted by atomic mass is 10.2. The molecule has 0 radical (unpaired) electrons. The lowest BCUT2D eigenvalue weighted by Gasteiger charge is -2.14. The Bertz CT molecular complexity index is 408. The molecule has 5 heteroatoms. The largest absolute Gasteiger partial charge is 0.478 e. The van der Waals surface area contributed by atoms with Gasteiger partial charge in [0.05, 0.1) is 6.54 Å². The number of likely N-dealkylation sites (tertiary alicyclic amines) is 1. The molecule has 0 saturated carbocycles. The molecule has 0 unspecified atom stereocenters. The summed E-state index contributed by atoms with van der Waals surface area (Å²) in [6.07, 6.45) is 2.61. The predicted molar refractivity (Wildman–Crippen MR) is 67.8 cm³/mol. The van der Waals surface area contributed by atoms with Crippen LogP contribution in [0.1, 0.15) is 34.7 Å². The standard InChI is InChI=1S/C13H20N2O3/c1-10-12(13(16)17)8-11(18-10)9-14-4-7-15-5-2-3-6-15/h8,14H,2-7,9H2,1H3,(H,16,17). The van der Waals surface area contributed by atoms with Crippen molar-refractivity contribution < 1.29 is 14.3 Å². The topological polar surface area (TPSA) is 65.7 Å². The second-order valence-corrected chi connectivity index (χ2v) is 4.71. The first-order chi connectivity index (χ1) is 8.66. The fraction of sp³-hybridized carbons (Fsp3) is 0.615. The average Bonchev–Trinajstić information content (AvgIpc) is 2.94. The van der Waals surface area contributed by atoms with Crippen molar-refractivity contribution in [3.63, 3.8) is 0 Å². The molecule has 100 valence electrons. The van der Waals surface area contributed by atoms with E-state index in [0.29, 0.717) is 18.1 Å². The van der Waals surface area contributed by atoms with Crippen LogP contribution in [0.2, 0.25) is 0 Å². The number of aryl methyl sites for hydroxylation is 1. The van der Waals surface area contributed by atoms with E-state index in [2.05, 4.69) is 10.2 Å². The van der Waals surface area contributed by atoms with E-state index in [1.807, 2.05) is 0 Å². The number of furan rings is 1. The van der Waals surface area contributed by atoms with Gasteiger partial charge in [0.2, 0.25) is 0 Å². The van der Waals surface area contributed by atoms with Crippen LogP contribution in [-0.4, -0.2) is 42.2 Å². The Morgan fingerprint density at radius 1 is 1.50 bits per heavy atom. The van der Waals surface area contributed by atoms with Crippen LogP contribution < -0.4 is 5.32 Å². The van der Waals surface area contributed by atoms with Gasteiger partial charge in [0, 0.05) is 13.1 Å². The van der Waals surface area contributed by atoms with Gasteiger partial charge in [-0.05, 0) is 38.9 Å². The Morgan fingerprint density at radius 3 is 2.83 bits per heavy atom. The third-order valence-corrected chi connectivity index (χ3v) is 3.30. The van der Waals surface area contributed by atoms with Crippen LogP contribution in [0.25, 0.3) is 0 Å². The highest BCUT2D eigenvalue weighted by Gasteiger charge is 2.13. The Morgan fingerprint density at radius 2 is 2.22 bits per heavy atom. The number of hydrogen-bond acceptors (Lipinski definition) is 4. The molecular formula is C13H20N2O3. The Labute approximate surface area is 107 Å². The number of hydrogen-bond donors (Lipinski definition) is 2. The maximum Gasteiger partial charge on any atom is 0.339 e. The van der Waals surface area contributed by atoms with E-state index < -0.39 is 5.97 Å². The molecule has 1 saturated heterocycles. The van der Waals surface area contributed by atoms with Gasteiger partial charge in [0.15, 0.2) is 0 Å². The maximum atomic E-state index is 10.9. The molecule has 1 aliphatic heterocycles. The maximum absolute atomic E-state index is 10.9. The van der Waals surface area contributed by atoms with E-state index in [0.717, 1.165) is 13.1 Å². The number of aromatic carboxylic acids is 1. The molecule has 0 atom stereocenters. The summed E-state index contributed by atoms with van der Waals surface area (Å²) in [5, 5.41) is 12.2. The van der Waals surface area contributed by atoms with E-state index in [1.165, 1.54) is 25.9 Å². The summed E-state index contributed by atoms with van der Waals surface area (Å²) in [6, 6.07) is 1.60. The second kappa shape index (κ2) is 6.02. The Balaban J connectivity index is 1.72. The van der Waals surface area contributed by atoms with Crippen LogP contribution in [0.5, 0.6) is 0 Å². The van der Waals surface area contributed by atoms with Crippen molar-refractivity contribution in [1.82, 2.24) is 10.2 Å². The number of carbonyl (C=O) groups is 1. The van der Waals surface area contributed by atoms with Crippen molar-refractivity contribution in [3.05, 3.63) is 23.2 Å². The fourth-order valence-corrected chi connectivity index (χ4v) is 2.30. The van der Waals surface area contributed by atoms with Crippen LogP contribution in [0.3, 0.4) is 0 Å². The van der Waals surface area contributed by atoms with Crippen molar-refractivity contribution >= 4 is 5.97 Å². The molecule has 1 aliphatic rings. The zero-order chi connectivity index (χ0) is 13.0. The highest BCUT2D eigenvalue weighted by atomic mass is 16.4. The molecular weight excluding hydrogens is 232 g/mol. The first-order valence-corrected chi connectivity index (χ1v) is 6.42. The van der Waals surface area contributed by atoms with Gasteiger partial charge >= 0.3 is 5.97 Å². The van der Waals surface area contributed by atoms with E-state index in [9.17, 15) is 4.79 Å². The lowest BCUT2D eigenvalue weighted by molar-refractivity contribution is 0.0695. The third kappa shape index (κ3) is 3.34. The quantitative estimate of drug-likeness (QED) is 0.751. The van der Waals surface area contributed by atoms with E-state index in [4.69, 9.17) is 9.52 Å². The molecule has 2 heterocycles. The van der Waals surface area contributed by atoms with Crippen LogP contribution in [0.15, 0.2) is 10.5 Å². The predicted octanol–water partition coefficient (Wildman–Crippen LogP) is 1.47. The van der Waals surface area contributed by atoms with Crippen LogP contribution >= 0.6 is 0 Å². The average molecular weight is 252 g/mol. The minimum absolute atomic E-state index is 0.256. The zero-order valence-electron chi connectivity index (χ0n) is 10.7. The van der Waals surface area contributed by atoms with Crippen molar-refractivity contribution in [1.29, 1.82) is 0 Å². The number of carboxylic acid groups (broad SMARTS) is 1. The first-order valence-electron chi connectivity index (χ1n) is 6.42. The van der Waals surface area contributed by atoms with Gasteiger partial charge in [-0.2, -0.15) is 0 Å². The fourth-order valence-electron chi connectivity index (χ4n) is 2.30. The van der Waals surface area contributed by atoms with E-state index in [1.54, 1.807) is 13.0 Å². The molecule has 2 N–H and O–H groups in total. The van der Waals surface area contributed by atoms with Crippen LogP contribution in [0, 0.1) is 6.92 Å². The smallest absolute Gasteiger partial charge is 0.339 e. The summed E-state index contributed by atoms with van der Waals surface area (Å²) in [5.74, 6) is 0.227. The van der Waals surface area contributed by atoms with Crippen molar-refractivity contribution in [2.45, 2.75) is 26.3 Å². The molecule has 0 amide bonds. The molecule has 1 fully saturated rings. The van der Waals surface area contributed by atoms with E-state index >= 15 is 0 Å². The number of carboxylic acids is 1. The molecule has 0 bridgehead atoms. The molecule has 18 heavy (non-hydrogen) atoms. The molecule has 0 aromatic carbocycles. The van der Waals surface area contributed by atoms with Gasteiger partial charge in [-0.25, -0.2) is 4.79 Å². The number of nitrogens with one attached hydrogen (secondary N) is 1.